The summed E-state index contributed by atoms with van der Waals surface area (Å²) < 4.78 is 10.6. The fourth-order valence-corrected chi connectivity index (χ4v) is 2.03. The molecule has 16 heavy (non-hydrogen) atoms. The van der Waals surface area contributed by atoms with Gasteiger partial charge in [-0.3, -0.25) is 0 Å². The second kappa shape index (κ2) is 6.15. The van der Waals surface area contributed by atoms with Crippen LogP contribution in [0.15, 0.2) is 24.3 Å². The highest BCUT2D eigenvalue weighted by atomic mass is 31.1. The molecule has 1 rings (SSSR count). The molecule has 0 spiro atoms. The molecule has 0 fully saturated rings. The van der Waals surface area contributed by atoms with E-state index >= 15 is 0 Å². The minimum absolute atomic E-state index is 0.329. The smallest absolute Gasteiger partial charge is 0.0707 e. The molecule has 1 aromatic carbocycles. The van der Waals surface area contributed by atoms with Gasteiger partial charge in [-0.05, 0) is 42.4 Å². The van der Waals surface area contributed by atoms with E-state index in [1.54, 1.807) is 0 Å². The summed E-state index contributed by atoms with van der Waals surface area (Å²) in [7, 11) is -0.329. The van der Waals surface area contributed by atoms with Gasteiger partial charge in [0.25, 0.3) is 0 Å². The third kappa shape index (κ3) is 5.42. The molecule has 0 aliphatic carbocycles. The zero-order valence-corrected chi connectivity index (χ0v) is 11.5. The predicted molar refractivity (Wildman–Crippen MR) is 72.1 cm³/mol. The highest BCUT2D eigenvalue weighted by Crippen LogP contribution is 2.22. The van der Waals surface area contributed by atoms with Gasteiger partial charge in [0.2, 0.25) is 0 Å². The highest BCUT2D eigenvalue weighted by Gasteiger charge is 2.08. The Hall–Kier alpha value is -0.680. The van der Waals surface area contributed by atoms with Crippen molar-refractivity contribution in [3.8, 4) is 0 Å². The van der Waals surface area contributed by atoms with Gasteiger partial charge in [-0.15, -0.1) is 0 Å². The van der Waals surface area contributed by atoms with E-state index < -0.39 is 0 Å². The lowest BCUT2D eigenvalue weighted by Crippen LogP contribution is -2.04. The third-order valence-electron chi connectivity index (χ3n) is 2.71. The molecule has 0 aromatic heterocycles. The molecule has 0 aliphatic rings. The minimum Gasteiger partial charge on any atom is -0.0707 e. The Balaban J connectivity index is 2.29. The van der Waals surface area contributed by atoms with Crippen molar-refractivity contribution >= 4 is 13.8 Å². The van der Waals surface area contributed by atoms with Gasteiger partial charge < -0.3 is 0 Å². The summed E-state index contributed by atoms with van der Waals surface area (Å²) in [5.74, 6) is 0. The summed E-state index contributed by atoms with van der Waals surface area (Å²) in [6, 6.07) is 8.11. The predicted octanol–water partition coefficient (Wildman–Crippen LogP) is 4.09. The van der Waals surface area contributed by atoms with Crippen LogP contribution < -0.4 is 5.30 Å². The lowest BCUT2D eigenvalue weighted by Gasteiger charge is -2.17. The Morgan fingerprint density at radius 2 is 1.69 bits per heavy atom. The Morgan fingerprint density at radius 1 is 1.06 bits per heavy atom. The maximum atomic E-state index is 10.6. The normalized spacial score (nSPS) is 11.9. The summed E-state index contributed by atoms with van der Waals surface area (Å²) in [6.45, 7) is 6.87. The molecule has 1 atom stereocenters. The molecule has 0 radical (unpaired) electrons. The third-order valence-corrected chi connectivity index (χ3v) is 3.28. The average molecular weight is 237 g/mol. The summed E-state index contributed by atoms with van der Waals surface area (Å²) >= 11 is 0. The molecule has 0 heterocycles. The Morgan fingerprint density at radius 3 is 2.19 bits per heavy atom. The fraction of sp³-hybridized carbons (Fsp3) is 0.571. The number of hydrogen-bond donors (Lipinski definition) is 0. The zero-order chi connectivity index (χ0) is 12.0. The lowest BCUT2D eigenvalue weighted by atomic mass is 9.89. The van der Waals surface area contributed by atoms with Crippen molar-refractivity contribution in [2.45, 2.75) is 46.5 Å². The lowest BCUT2D eigenvalue weighted by molar-refractivity contribution is 0.360. The number of benzene rings is 1. The molecule has 1 aromatic rings. The van der Waals surface area contributed by atoms with Crippen LogP contribution in [-0.4, -0.2) is 0 Å². The zero-order valence-electron chi connectivity index (χ0n) is 10.5. The molecule has 0 N–H and O–H groups in total. The first-order valence-electron chi connectivity index (χ1n) is 5.98. The first-order valence-corrected chi connectivity index (χ1v) is 6.89. The van der Waals surface area contributed by atoms with Crippen LogP contribution in [0.4, 0.5) is 0 Å². The first kappa shape index (κ1) is 13.4. The van der Waals surface area contributed by atoms with Crippen LogP contribution in [0.1, 0.15) is 45.6 Å². The van der Waals surface area contributed by atoms with E-state index in [0.29, 0.717) is 5.41 Å². The molecule has 88 valence electrons. The van der Waals surface area contributed by atoms with Crippen molar-refractivity contribution in [1.82, 2.24) is 0 Å². The maximum absolute atomic E-state index is 10.6. The van der Waals surface area contributed by atoms with Gasteiger partial charge in [0.15, 0.2) is 5.30 Å². The summed E-state index contributed by atoms with van der Waals surface area (Å²) in [4.78, 5) is 0. The Bertz CT molecular complexity index is 322. The van der Waals surface area contributed by atoms with Gasteiger partial charge in [0, 0.05) is 0 Å². The van der Waals surface area contributed by atoms with Crippen LogP contribution in [0, 0.1) is 5.41 Å². The van der Waals surface area contributed by atoms with Crippen molar-refractivity contribution in [3.05, 3.63) is 29.8 Å². The van der Waals surface area contributed by atoms with Crippen molar-refractivity contribution in [1.29, 1.82) is 0 Å². The van der Waals surface area contributed by atoms with Gasteiger partial charge >= 0.3 is 8.46 Å². The van der Waals surface area contributed by atoms with Crippen molar-refractivity contribution in [2.75, 3.05) is 0 Å². The SMILES string of the molecule is CC(C)(C)CCCCc1ccc([PH+]=O)cc1. The Labute approximate surface area is 100 Å². The van der Waals surface area contributed by atoms with Crippen LogP contribution in [-0.2, 0) is 11.0 Å². The summed E-state index contributed by atoms with van der Waals surface area (Å²) in [6.07, 6.45) is 4.95. The second-order valence-corrected chi connectivity index (χ2v) is 6.35. The van der Waals surface area contributed by atoms with Crippen molar-refractivity contribution in [3.63, 3.8) is 0 Å². The van der Waals surface area contributed by atoms with Crippen LogP contribution in [0.3, 0.4) is 0 Å². The molecule has 2 heteroatoms. The first-order chi connectivity index (χ1) is 7.51. The number of unbranched alkanes of at least 4 members (excludes halogenated alkanes) is 1. The van der Waals surface area contributed by atoms with Crippen molar-refractivity contribution < 1.29 is 4.57 Å². The van der Waals surface area contributed by atoms with Crippen LogP contribution in [0.2, 0.25) is 0 Å². The van der Waals surface area contributed by atoms with Crippen LogP contribution in [0.25, 0.3) is 0 Å². The number of aryl methyl sites for hydroxylation is 1. The summed E-state index contributed by atoms with van der Waals surface area (Å²) in [5.41, 5.74) is 1.81. The standard InChI is InChI=1S/C14H21OP/c1-14(2,3)11-5-4-6-12-7-9-13(16-15)10-8-12/h7-10H,4-6,11H2,1-3H3/p+1. The van der Waals surface area contributed by atoms with Gasteiger partial charge in [-0.1, -0.05) is 43.9 Å². The molecule has 0 aliphatic heterocycles. The Kier molecular flexibility index (Phi) is 5.15. The molecular formula is C14H22OP+. The number of rotatable bonds is 5. The van der Waals surface area contributed by atoms with E-state index in [9.17, 15) is 4.57 Å². The molecule has 0 amide bonds. The van der Waals surface area contributed by atoms with E-state index in [1.165, 1.54) is 24.8 Å². The monoisotopic (exact) mass is 237 g/mol. The van der Waals surface area contributed by atoms with E-state index in [-0.39, 0.29) is 8.46 Å². The fourth-order valence-electron chi connectivity index (χ4n) is 1.72. The molecule has 0 saturated heterocycles. The molecule has 0 bridgehead atoms. The van der Waals surface area contributed by atoms with E-state index in [4.69, 9.17) is 0 Å². The largest absolute Gasteiger partial charge is 0.363 e. The van der Waals surface area contributed by atoms with Gasteiger partial charge in [0.1, 0.15) is 0 Å². The van der Waals surface area contributed by atoms with E-state index in [1.807, 2.05) is 12.1 Å². The van der Waals surface area contributed by atoms with E-state index in [2.05, 4.69) is 32.9 Å². The maximum Gasteiger partial charge on any atom is 0.363 e. The quantitative estimate of drug-likeness (QED) is 0.556. The second-order valence-electron chi connectivity index (χ2n) is 5.57. The van der Waals surface area contributed by atoms with Gasteiger partial charge in [0.05, 0.1) is 0 Å². The van der Waals surface area contributed by atoms with Gasteiger partial charge in [-0.25, -0.2) is 0 Å². The molecular weight excluding hydrogens is 215 g/mol. The minimum atomic E-state index is -0.329. The van der Waals surface area contributed by atoms with Crippen molar-refractivity contribution in [2.24, 2.45) is 5.41 Å². The van der Waals surface area contributed by atoms with Crippen LogP contribution >= 0.6 is 8.46 Å². The van der Waals surface area contributed by atoms with E-state index in [0.717, 1.165) is 11.7 Å². The van der Waals surface area contributed by atoms with Gasteiger partial charge in [-0.2, -0.15) is 0 Å². The molecule has 1 nitrogen and oxygen atoms in total. The molecule has 1 unspecified atom stereocenters. The van der Waals surface area contributed by atoms with Crippen LogP contribution in [0.5, 0.6) is 0 Å². The molecule has 0 saturated carbocycles. The number of hydrogen-bond acceptors (Lipinski definition) is 1. The average Bonchev–Trinajstić information content (AvgIpc) is 2.24. The highest BCUT2D eigenvalue weighted by molar-refractivity contribution is 7.34. The summed E-state index contributed by atoms with van der Waals surface area (Å²) in [5, 5.41) is 0.915. The topological polar surface area (TPSA) is 17.1 Å².